The van der Waals surface area contributed by atoms with E-state index in [-0.39, 0.29) is 18.2 Å². The number of anilines is 1. The molecule has 7 nitrogen and oxygen atoms in total. The van der Waals surface area contributed by atoms with Crippen LogP contribution in [0.1, 0.15) is 42.3 Å². The van der Waals surface area contributed by atoms with E-state index in [9.17, 15) is 9.36 Å². The molecule has 9 heteroatoms. The van der Waals surface area contributed by atoms with Gasteiger partial charge in [-0.1, -0.05) is 0 Å². The van der Waals surface area contributed by atoms with Crippen LogP contribution in [0.5, 0.6) is 11.5 Å². The number of nitrogens with one attached hydrogen (secondary N) is 1. The molecule has 0 fully saturated rings. The molecule has 0 saturated heterocycles. The molecule has 3 rings (SSSR count). The fraction of sp³-hybridized carbons (Fsp3) is 0.333. The molecule has 0 radical (unpaired) electrons. The summed E-state index contributed by atoms with van der Waals surface area (Å²) in [6.07, 6.45) is 2.61. The summed E-state index contributed by atoms with van der Waals surface area (Å²) in [5, 5.41) is 6.91. The van der Waals surface area contributed by atoms with Crippen LogP contribution in [0.3, 0.4) is 0 Å². The largest absolute Gasteiger partial charge is 0.512 e. The van der Waals surface area contributed by atoms with E-state index in [1.807, 2.05) is 19.2 Å². The first-order valence-electron chi connectivity index (χ1n) is 10.7. The average Bonchev–Trinajstić information content (AvgIpc) is 3.28. The second-order valence-corrected chi connectivity index (χ2v) is 9.52. The van der Waals surface area contributed by atoms with Crippen LogP contribution in [0.15, 0.2) is 53.4 Å². The minimum atomic E-state index is -1.76. The second kappa shape index (κ2) is 12.4. The Balaban J connectivity index is 1.67. The van der Waals surface area contributed by atoms with E-state index in [1.165, 1.54) is 5.56 Å². The van der Waals surface area contributed by atoms with Crippen LogP contribution >= 0.6 is 19.4 Å². The van der Waals surface area contributed by atoms with Crippen LogP contribution in [-0.2, 0) is 21.7 Å². The van der Waals surface area contributed by atoms with Crippen LogP contribution < -0.4 is 14.8 Å². The summed E-state index contributed by atoms with van der Waals surface area (Å²) in [5.41, 5.74) is 2.40. The monoisotopic (exact) mass is 487 g/mol. The van der Waals surface area contributed by atoms with Crippen molar-refractivity contribution in [3.05, 3.63) is 70.0 Å². The van der Waals surface area contributed by atoms with Gasteiger partial charge >= 0.3 is 8.03 Å². The van der Waals surface area contributed by atoms with E-state index in [4.69, 9.17) is 14.0 Å². The SMILES string of the molecule is CCO[P+](=O)Cc1ccc(NC(=O)c2cc(OCCc3ccsc3)cc(OC(C)C)c2)nc1. The number of hydrogen-bond acceptors (Lipinski definition) is 7. The Morgan fingerprint density at radius 3 is 2.64 bits per heavy atom. The molecule has 3 aromatic rings. The lowest BCUT2D eigenvalue weighted by Crippen LogP contribution is -2.14. The summed E-state index contributed by atoms with van der Waals surface area (Å²) >= 11 is 1.65. The van der Waals surface area contributed by atoms with Crippen LogP contribution in [0.25, 0.3) is 0 Å². The van der Waals surface area contributed by atoms with Crippen molar-refractivity contribution in [1.82, 2.24) is 4.98 Å². The van der Waals surface area contributed by atoms with Crippen molar-refractivity contribution in [2.75, 3.05) is 18.5 Å². The molecule has 0 aliphatic heterocycles. The topological polar surface area (TPSA) is 86.8 Å². The van der Waals surface area contributed by atoms with E-state index in [0.29, 0.717) is 36.1 Å². The van der Waals surface area contributed by atoms with Gasteiger partial charge < -0.3 is 14.8 Å². The van der Waals surface area contributed by atoms with Crippen LogP contribution in [0.4, 0.5) is 5.82 Å². The van der Waals surface area contributed by atoms with Gasteiger partial charge in [0.25, 0.3) is 5.91 Å². The number of ether oxygens (including phenoxy) is 2. The van der Waals surface area contributed by atoms with Crippen LogP contribution in [-0.4, -0.2) is 30.2 Å². The number of nitrogens with zero attached hydrogens (tertiary/aromatic N) is 1. The van der Waals surface area contributed by atoms with E-state index < -0.39 is 8.03 Å². The Labute approximate surface area is 199 Å². The maximum absolute atomic E-state index is 12.9. The van der Waals surface area contributed by atoms with Gasteiger partial charge in [-0.05, 0) is 72.0 Å². The van der Waals surface area contributed by atoms with Gasteiger partial charge in [0, 0.05) is 29.8 Å². The highest BCUT2D eigenvalue weighted by Crippen LogP contribution is 2.28. The summed E-state index contributed by atoms with van der Waals surface area (Å²) in [5.74, 6) is 1.20. The number of thiophene rings is 1. The Bertz CT molecular complexity index is 1060. The maximum Gasteiger partial charge on any atom is 0.512 e. The highest BCUT2D eigenvalue weighted by atomic mass is 32.1. The van der Waals surface area contributed by atoms with Gasteiger partial charge in [-0.2, -0.15) is 11.3 Å². The van der Waals surface area contributed by atoms with Crippen molar-refractivity contribution in [1.29, 1.82) is 0 Å². The van der Waals surface area contributed by atoms with Crippen molar-refractivity contribution in [2.24, 2.45) is 0 Å². The number of carbonyl (C=O) groups excluding carboxylic acids is 1. The average molecular weight is 488 g/mol. The molecule has 0 aliphatic rings. The molecule has 1 N–H and O–H groups in total. The van der Waals surface area contributed by atoms with Gasteiger partial charge in [-0.25, -0.2) is 4.98 Å². The lowest BCUT2D eigenvalue weighted by Gasteiger charge is -2.14. The standard InChI is InChI=1S/C24H27N2O5PS/c1-4-30-32(28)15-19-5-6-23(25-14-19)26-24(27)20-11-21(13-22(12-20)31-17(2)3)29-9-7-18-8-10-33-16-18/h5-6,8,10-14,16-17H,4,7,9,15H2,1-3H3/p+1. The zero-order valence-corrected chi connectivity index (χ0v) is 20.7. The third-order valence-electron chi connectivity index (χ3n) is 4.40. The first kappa shape index (κ1) is 24.8. The maximum atomic E-state index is 12.9. The molecule has 0 spiro atoms. The molecule has 1 unspecified atom stereocenters. The minimum absolute atomic E-state index is 0.0423. The first-order valence-corrected chi connectivity index (χ1v) is 13.0. The van der Waals surface area contributed by atoms with Crippen molar-refractivity contribution in [3.8, 4) is 11.5 Å². The van der Waals surface area contributed by atoms with Gasteiger partial charge in [0.05, 0.1) is 19.3 Å². The van der Waals surface area contributed by atoms with Gasteiger partial charge in [0.15, 0.2) is 0 Å². The van der Waals surface area contributed by atoms with Crippen LogP contribution in [0, 0.1) is 0 Å². The predicted molar refractivity (Wildman–Crippen MR) is 131 cm³/mol. The highest BCUT2D eigenvalue weighted by Gasteiger charge is 2.18. The third kappa shape index (κ3) is 8.24. The zero-order valence-electron chi connectivity index (χ0n) is 18.9. The van der Waals surface area contributed by atoms with Crippen molar-refractivity contribution in [2.45, 2.75) is 39.5 Å². The Morgan fingerprint density at radius 2 is 1.97 bits per heavy atom. The molecular weight excluding hydrogens is 459 g/mol. The summed E-state index contributed by atoms with van der Waals surface area (Å²) in [4.78, 5) is 17.1. The Hall–Kier alpha value is -2.80. The molecule has 0 aliphatic carbocycles. The molecule has 33 heavy (non-hydrogen) atoms. The molecule has 2 aromatic heterocycles. The van der Waals surface area contributed by atoms with E-state index >= 15 is 0 Å². The lowest BCUT2D eigenvalue weighted by atomic mass is 10.1. The fourth-order valence-corrected chi connectivity index (χ4v) is 4.53. The third-order valence-corrected chi connectivity index (χ3v) is 6.31. The number of pyridine rings is 1. The summed E-state index contributed by atoms with van der Waals surface area (Å²) < 4.78 is 28.5. The van der Waals surface area contributed by atoms with Crippen molar-refractivity contribution >= 4 is 31.1 Å². The molecule has 0 saturated carbocycles. The summed E-state index contributed by atoms with van der Waals surface area (Å²) in [6, 6.07) is 10.7. The smallest absolute Gasteiger partial charge is 0.493 e. The number of benzene rings is 1. The molecule has 174 valence electrons. The van der Waals surface area contributed by atoms with E-state index in [1.54, 1.807) is 54.8 Å². The fourth-order valence-electron chi connectivity index (χ4n) is 2.97. The number of aromatic nitrogens is 1. The van der Waals surface area contributed by atoms with Crippen molar-refractivity contribution in [3.63, 3.8) is 0 Å². The zero-order chi connectivity index (χ0) is 23.6. The molecular formula is C24H28N2O5PS+. The molecule has 1 aromatic carbocycles. The van der Waals surface area contributed by atoms with E-state index in [2.05, 4.69) is 21.7 Å². The number of amides is 1. The molecule has 2 heterocycles. The summed E-state index contributed by atoms with van der Waals surface area (Å²) in [6.45, 7) is 6.54. The predicted octanol–water partition coefficient (Wildman–Crippen LogP) is 6.08. The lowest BCUT2D eigenvalue weighted by molar-refractivity contribution is 0.102. The van der Waals surface area contributed by atoms with Gasteiger partial charge in [-0.3, -0.25) is 4.79 Å². The van der Waals surface area contributed by atoms with Gasteiger partial charge in [-0.15, -0.1) is 4.52 Å². The second-order valence-electron chi connectivity index (χ2n) is 7.50. The molecule has 1 amide bonds. The molecule has 1 atom stereocenters. The number of hydrogen-bond donors (Lipinski definition) is 1. The molecule has 0 bridgehead atoms. The normalized spacial score (nSPS) is 11.3. The van der Waals surface area contributed by atoms with Crippen LogP contribution in [0.2, 0.25) is 0 Å². The summed E-state index contributed by atoms with van der Waals surface area (Å²) in [7, 11) is -1.76. The Kier molecular flexibility index (Phi) is 9.36. The quantitative estimate of drug-likeness (QED) is 0.312. The van der Waals surface area contributed by atoms with Gasteiger partial charge in [0.1, 0.15) is 17.3 Å². The number of rotatable bonds is 12. The number of carbonyl (C=O) groups is 1. The minimum Gasteiger partial charge on any atom is -0.493 e. The van der Waals surface area contributed by atoms with Gasteiger partial charge in [0.2, 0.25) is 6.16 Å². The van der Waals surface area contributed by atoms with E-state index in [0.717, 1.165) is 12.0 Å². The first-order chi connectivity index (χ1) is 15.9. The van der Waals surface area contributed by atoms with Crippen molar-refractivity contribution < 1.29 is 23.4 Å². The highest BCUT2D eigenvalue weighted by molar-refractivity contribution is 7.38. The Morgan fingerprint density at radius 1 is 1.15 bits per heavy atom.